The molecule has 2 heterocycles. The molecular formula is C10H18N6O2. The molecule has 0 bridgehead atoms. The summed E-state index contributed by atoms with van der Waals surface area (Å²) in [5.41, 5.74) is 7.04. The lowest BCUT2D eigenvalue weighted by atomic mass is 9.97. The zero-order valence-electron chi connectivity index (χ0n) is 10.2. The molecule has 1 aliphatic rings. The summed E-state index contributed by atoms with van der Waals surface area (Å²) in [7, 11) is 0. The van der Waals surface area contributed by atoms with Gasteiger partial charge in [-0.1, -0.05) is 0 Å². The van der Waals surface area contributed by atoms with Gasteiger partial charge >= 0.3 is 0 Å². The lowest BCUT2D eigenvalue weighted by molar-refractivity contribution is -0.0176. The smallest absolute Gasteiger partial charge is 0.223 e. The van der Waals surface area contributed by atoms with Gasteiger partial charge < -0.3 is 26.3 Å². The summed E-state index contributed by atoms with van der Waals surface area (Å²) >= 11 is 0. The molecule has 2 atom stereocenters. The van der Waals surface area contributed by atoms with Gasteiger partial charge in [0.1, 0.15) is 17.2 Å². The molecular weight excluding hydrogens is 236 g/mol. The molecule has 18 heavy (non-hydrogen) atoms. The first-order valence-electron chi connectivity index (χ1n) is 5.72. The molecule has 100 valence electrons. The highest BCUT2D eigenvalue weighted by Gasteiger charge is 2.39. The van der Waals surface area contributed by atoms with Crippen molar-refractivity contribution in [3.05, 3.63) is 6.07 Å². The predicted octanol–water partition coefficient (Wildman–Crippen LogP) is -0.704. The Hall–Kier alpha value is -1.64. The fourth-order valence-corrected chi connectivity index (χ4v) is 1.88. The molecule has 2 unspecified atom stereocenters. The molecule has 0 saturated carbocycles. The Morgan fingerprint density at radius 2 is 2.28 bits per heavy atom. The number of hydrogen-bond acceptors (Lipinski definition) is 8. The first kappa shape index (κ1) is 12.8. The second kappa shape index (κ2) is 4.92. The molecule has 1 aliphatic heterocycles. The highest BCUT2D eigenvalue weighted by molar-refractivity contribution is 5.50. The number of hydrogen-bond donors (Lipinski definition) is 5. The van der Waals surface area contributed by atoms with Gasteiger partial charge in [-0.05, 0) is 6.92 Å². The van der Waals surface area contributed by atoms with Crippen LogP contribution >= 0.6 is 0 Å². The Balaban J connectivity index is 2.04. The average Bonchev–Trinajstić information content (AvgIpc) is 2.67. The summed E-state index contributed by atoms with van der Waals surface area (Å²) in [5, 5.41) is 13.3. The molecule has 0 aliphatic carbocycles. The number of hydrazine groups is 1. The molecule has 0 amide bonds. The molecule has 0 radical (unpaired) electrons. The molecule has 0 aromatic carbocycles. The van der Waals surface area contributed by atoms with Crippen LogP contribution in [0.3, 0.4) is 0 Å². The minimum atomic E-state index is -0.893. The van der Waals surface area contributed by atoms with E-state index in [1.54, 1.807) is 6.07 Å². The van der Waals surface area contributed by atoms with E-state index in [9.17, 15) is 5.11 Å². The van der Waals surface area contributed by atoms with E-state index in [0.29, 0.717) is 31.2 Å². The van der Waals surface area contributed by atoms with Crippen molar-refractivity contribution in [1.82, 2.24) is 9.97 Å². The van der Waals surface area contributed by atoms with Crippen LogP contribution in [0.1, 0.15) is 13.3 Å². The lowest BCUT2D eigenvalue weighted by Gasteiger charge is -2.26. The van der Waals surface area contributed by atoms with Crippen molar-refractivity contribution in [3.8, 4) is 0 Å². The minimum Gasteiger partial charge on any atom is -0.385 e. The fourth-order valence-electron chi connectivity index (χ4n) is 1.88. The van der Waals surface area contributed by atoms with Crippen LogP contribution in [-0.2, 0) is 4.74 Å². The molecule has 8 heteroatoms. The van der Waals surface area contributed by atoms with Crippen molar-refractivity contribution >= 4 is 17.6 Å². The van der Waals surface area contributed by atoms with Crippen LogP contribution in [-0.4, -0.2) is 39.9 Å². The Bertz CT molecular complexity index is 429. The summed E-state index contributed by atoms with van der Waals surface area (Å²) in [6, 6.07) is 1.61. The Morgan fingerprint density at radius 1 is 1.56 bits per heavy atom. The largest absolute Gasteiger partial charge is 0.385 e. The van der Waals surface area contributed by atoms with Crippen molar-refractivity contribution in [3.63, 3.8) is 0 Å². The van der Waals surface area contributed by atoms with Gasteiger partial charge in [0.2, 0.25) is 5.95 Å². The van der Waals surface area contributed by atoms with Crippen LogP contribution in [0.4, 0.5) is 17.6 Å². The second-order valence-corrected chi connectivity index (χ2v) is 4.36. The van der Waals surface area contributed by atoms with E-state index in [-0.39, 0.29) is 12.1 Å². The number of aliphatic hydroxyl groups is 1. The van der Waals surface area contributed by atoms with Gasteiger partial charge in [-0.25, -0.2) is 5.84 Å². The van der Waals surface area contributed by atoms with E-state index in [1.807, 2.05) is 6.92 Å². The number of ether oxygens (including phenoxy) is 1. The van der Waals surface area contributed by atoms with E-state index in [2.05, 4.69) is 20.7 Å². The molecule has 0 spiro atoms. The molecule has 8 nitrogen and oxygen atoms in total. The van der Waals surface area contributed by atoms with Crippen LogP contribution in [0.25, 0.3) is 0 Å². The van der Waals surface area contributed by atoms with Gasteiger partial charge in [0.15, 0.2) is 0 Å². The Labute approximate surface area is 105 Å². The second-order valence-electron chi connectivity index (χ2n) is 4.36. The van der Waals surface area contributed by atoms with Crippen LogP contribution < -0.4 is 22.3 Å². The maximum absolute atomic E-state index is 10.3. The lowest BCUT2D eigenvalue weighted by Crippen LogP contribution is -2.43. The van der Waals surface area contributed by atoms with Gasteiger partial charge in [0, 0.05) is 25.6 Å². The normalized spacial score (nSPS) is 27.2. The van der Waals surface area contributed by atoms with Gasteiger partial charge in [0.25, 0.3) is 0 Å². The average molecular weight is 254 g/mol. The SMILES string of the molecule is CC1OCCC1(O)CNc1cc(NN)nc(N)n1. The number of aromatic nitrogens is 2. The van der Waals surface area contributed by atoms with Crippen molar-refractivity contribution in [2.45, 2.75) is 25.0 Å². The van der Waals surface area contributed by atoms with E-state index < -0.39 is 5.60 Å². The molecule has 1 saturated heterocycles. The van der Waals surface area contributed by atoms with Crippen LogP contribution in [0.5, 0.6) is 0 Å². The van der Waals surface area contributed by atoms with Gasteiger partial charge in [-0.3, -0.25) is 0 Å². The van der Waals surface area contributed by atoms with Crippen LogP contribution in [0, 0.1) is 0 Å². The van der Waals surface area contributed by atoms with E-state index in [4.69, 9.17) is 16.3 Å². The van der Waals surface area contributed by atoms with Crippen molar-refractivity contribution in [2.24, 2.45) is 5.84 Å². The van der Waals surface area contributed by atoms with Gasteiger partial charge in [0.05, 0.1) is 6.10 Å². The summed E-state index contributed by atoms with van der Waals surface area (Å²) in [6.45, 7) is 2.73. The highest BCUT2D eigenvalue weighted by atomic mass is 16.5. The third-order valence-electron chi connectivity index (χ3n) is 3.13. The fraction of sp³-hybridized carbons (Fsp3) is 0.600. The number of nitrogen functional groups attached to an aromatic ring is 2. The zero-order valence-corrected chi connectivity index (χ0v) is 10.2. The number of rotatable bonds is 4. The quantitative estimate of drug-likeness (QED) is 0.352. The predicted molar refractivity (Wildman–Crippen MR) is 67.7 cm³/mol. The topological polar surface area (TPSA) is 131 Å². The summed E-state index contributed by atoms with van der Waals surface area (Å²) in [5.74, 6) is 6.28. The number of anilines is 3. The summed E-state index contributed by atoms with van der Waals surface area (Å²) < 4.78 is 5.35. The molecule has 2 rings (SSSR count). The molecule has 1 aromatic rings. The number of nitrogens with zero attached hydrogens (tertiary/aromatic N) is 2. The number of nitrogens with one attached hydrogen (secondary N) is 2. The molecule has 7 N–H and O–H groups in total. The van der Waals surface area contributed by atoms with Crippen LogP contribution in [0.15, 0.2) is 6.07 Å². The van der Waals surface area contributed by atoms with E-state index >= 15 is 0 Å². The van der Waals surface area contributed by atoms with Crippen molar-refractivity contribution < 1.29 is 9.84 Å². The van der Waals surface area contributed by atoms with Crippen molar-refractivity contribution in [1.29, 1.82) is 0 Å². The third-order valence-corrected chi connectivity index (χ3v) is 3.13. The standard InChI is InChI=1S/C10H18N6O2/c1-6-10(17,2-3-18-6)5-13-7-4-8(16-12)15-9(11)14-7/h4,6,17H,2-3,5,12H2,1H3,(H4,11,13,14,15,16). The molecule has 1 fully saturated rings. The Morgan fingerprint density at radius 3 is 2.89 bits per heavy atom. The minimum absolute atomic E-state index is 0.107. The summed E-state index contributed by atoms with van der Waals surface area (Å²) in [4.78, 5) is 7.87. The van der Waals surface area contributed by atoms with E-state index in [0.717, 1.165) is 0 Å². The van der Waals surface area contributed by atoms with Gasteiger partial charge in [-0.15, -0.1) is 0 Å². The van der Waals surface area contributed by atoms with Gasteiger partial charge in [-0.2, -0.15) is 9.97 Å². The third kappa shape index (κ3) is 2.61. The maximum Gasteiger partial charge on any atom is 0.223 e. The summed E-state index contributed by atoms with van der Waals surface area (Å²) in [6.07, 6.45) is 0.375. The monoisotopic (exact) mass is 254 g/mol. The van der Waals surface area contributed by atoms with Crippen LogP contribution in [0.2, 0.25) is 0 Å². The number of nitrogens with two attached hydrogens (primary N) is 2. The van der Waals surface area contributed by atoms with Crippen molar-refractivity contribution in [2.75, 3.05) is 29.6 Å². The Kier molecular flexibility index (Phi) is 3.50. The first-order chi connectivity index (χ1) is 8.53. The molecule has 1 aromatic heterocycles. The first-order valence-corrected chi connectivity index (χ1v) is 5.72. The highest BCUT2D eigenvalue weighted by Crippen LogP contribution is 2.26. The van der Waals surface area contributed by atoms with E-state index in [1.165, 1.54) is 0 Å². The zero-order chi connectivity index (χ0) is 13.2. The maximum atomic E-state index is 10.3.